The molecule has 2 fully saturated rings. The molecule has 1 aliphatic carbocycles. The van der Waals surface area contributed by atoms with Crippen molar-refractivity contribution < 1.29 is 19.0 Å². The van der Waals surface area contributed by atoms with Crippen LogP contribution in [-0.4, -0.2) is 55.9 Å². The van der Waals surface area contributed by atoms with Gasteiger partial charge in [-0.05, 0) is 38.0 Å². The van der Waals surface area contributed by atoms with Gasteiger partial charge < -0.3 is 19.1 Å². The number of nitrogens with zero attached hydrogens (tertiary/aromatic N) is 1. The van der Waals surface area contributed by atoms with Crippen molar-refractivity contribution in [3.05, 3.63) is 28.8 Å². The molecule has 0 bridgehead atoms. The smallest absolute Gasteiger partial charge is 0.254 e. The van der Waals surface area contributed by atoms with Crippen molar-refractivity contribution >= 4 is 17.5 Å². The van der Waals surface area contributed by atoms with Gasteiger partial charge in [-0.1, -0.05) is 11.6 Å². The van der Waals surface area contributed by atoms with Gasteiger partial charge in [0.1, 0.15) is 11.9 Å². The maximum Gasteiger partial charge on any atom is 0.254 e. The molecule has 2 aliphatic rings. The van der Waals surface area contributed by atoms with Gasteiger partial charge in [0, 0.05) is 18.7 Å². The molecule has 3 rings (SSSR count). The number of halogens is 1. The summed E-state index contributed by atoms with van der Waals surface area (Å²) < 4.78 is 16.8. The van der Waals surface area contributed by atoms with Crippen LogP contribution in [0.25, 0.3) is 0 Å². The minimum atomic E-state index is -0.0265. The van der Waals surface area contributed by atoms with Crippen molar-refractivity contribution in [2.45, 2.75) is 38.0 Å². The molecular weight excluding hydrogens is 318 g/mol. The van der Waals surface area contributed by atoms with Crippen LogP contribution in [0.1, 0.15) is 30.1 Å². The second-order valence-corrected chi connectivity index (χ2v) is 6.23. The number of hydrogen-bond donors (Lipinski definition) is 0. The van der Waals surface area contributed by atoms with E-state index in [-0.39, 0.29) is 24.2 Å². The summed E-state index contributed by atoms with van der Waals surface area (Å²) in [5.41, 5.74) is 0.580. The lowest BCUT2D eigenvalue weighted by molar-refractivity contribution is -0.102. The van der Waals surface area contributed by atoms with Crippen molar-refractivity contribution in [1.29, 1.82) is 0 Å². The van der Waals surface area contributed by atoms with Gasteiger partial charge in [0.2, 0.25) is 0 Å². The molecule has 126 valence electrons. The molecule has 0 N–H and O–H groups in total. The maximum absolute atomic E-state index is 12.9. The molecule has 1 amide bonds. The predicted octanol–water partition coefficient (Wildman–Crippen LogP) is 2.76. The van der Waals surface area contributed by atoms with Crippen molar-refractivity contribution in [3.8, 4) is 5.75 Å². The largest absolute Gasteiger partial charge is 0.495 e. The summed E-state index contributed by atoms with van der Waals surface area (Å²) in [5.74, 6) is 0.561. The van der Waals surface area contributed by atoms with Crippen LogP contribution in [0.3, 0.4) is 0 Å². The SMILES string of the molecule is CCO[C@H]1CC[C@H]2[C@H]1OCCN2C(=O)c1ccc(OC)c(Cl)c1. The van der Waals surface area contributed by atoms with Crippen LogP contribution in [0.15, 0.2) is 18.2 Å². The molecule has 1 aromatic carbocycles. The highest BCUT2D eigenvalue weighted by molar-refractivity contribution is 6.32. The second kappa shape index (κ2) is 7.07. The van der Waals surface area contributed by atoms with Crippen LogP contribution in [0.4, 0.5) is 0 Å². The van der Waals surface area contributed by atoms with Crippen molar-refractivity contribution in [1.82, 2.24) is 4.90 Å². The van der Waals surface area contributed by atoms with Gasteiger partial charge in [0.15, 0.2) is 0 Å². The molecule has 0 radical (unpaired) electrons. The first kappa shape index (κ1) is 16.6. The van der Waals surface area contributed by atoms with Crippen LogP contribution in [-0.2, 0) is 9.47 Å². The van der Waals surface area contributed by atoms with Gasteiger partial charge >= 0.3 is 0 Å². The molecule has 1 aromatic rings. The average Bonchev–Trinajstić information content (AvgIpc) is 2.98. The van der Waals surface area contributed by atoms with E-state index in [0.29, 0.717) is 36.1 Å². The Morgan fingerprint density at radius 3 is 2.96 bits per heavy atom. The molecule has 0 unspecified atom stereocenters. The summed E-state index contributed by atoms with van der Waals surface area (Å²) in [5, 5.41) is 0.446. The summed E-state index contributed by atoms with van der Waals surface area (Å²) in [6, 6.07) is 5.23. The molecule has 3 atom stereocenters. The van der Waals surface area contributed by atoms with Crippen molar-refractivity contribution in [2.24, 2.45) is 0 Å². The lowest BCUT2D eigenvalue weighted by Gasteiger charge is -2.39. The number of hydrogen-bond acceptors (Lipinski definition) is 4. The zero-order valence-electron chi connectivity index (χ0n) is 13.5. The Morgan fingerprint density at radius 2 is 2.26 bits per heavy atom. The monoisotopic (exact) mass is 339 g/mol. The van der Waals surface area contributed by atoms with E-state index < -0.39 is 0 Å². The highest BCUT2D eigenvalue weighted by Crippen LogP contribution is 2.33. The summed E-state index contributed by atoms with van der Waals surface area (Å²) in [7, 11) is 1.56. The molecule has 6 heteroatoms. The number of amides is 1. The van der Waals surface area contributed by atoms with Crippen molar-refractivity contribution in [2.75, 3.05) is 26.9 Å². The molecule has 5 nitrogen and oxygen atoms in total. The topological polar surface area (TPSA) is 48.0 Å². The van der Waals surface area contributed by atoms with E-state index in [9.17, 15) is 4.79 Å². The van der Waals surface area contributed by atoms with Crippen LogP contribution >= 0.6 is 11.6 Å². The number of rotatable bonds is 4. The van der Waals surface area contributed by atoms with E-state index in [0.717, 1.165) is 12.8 Å². The fourth-order valence-electron chi connectivity index (χ4n) is 3.53. The number of fused-ring (bicyclic) bond motifs is 1. The Hall–Kier alpha value is -1.30. The van der Waals surface area contributed by atoms with E-state index >= 15 is 0 Å². The molecule has 0 spiro atoms. The zero-order chi connectivity index (χ0) is 16.4. The Balaban J connectivity index is 1.78. The Bertz CT molecular complexity index is 580. The van der Waals surface area contributed by atoms with E-state index in [4.69, 9.17) is 25.8 Å². The van der Waals surface area contributed by atoms with Crippen molar-refractivity contribution in [3.63, 3.8) is 0 Å². The highest BCUT2D eigenvalue weighted by atomic mass is 35.5. The maximum atomic E-state index is 12.9. The Kier molecular flexibility index (Phi) is 5.09. The summed E-state index contributed by atoms with van der Waals surface area (Å²) >= 11 is 6.15. The highest BCUT2D eigenvalue weighted by Gasteiger charge is 2.45. The minimum Gasteiger partial charge on any atom is -0.495 e. The van der Waals surface area contributed by atoms with Gasteiger partial charge in [0.05, 0.1) is 30.9 Å². The van der Waals surface area contributed by atoms with Crippen LogP contribution in [0.5, 0.6) is 5.75 Å². The number of methoxy groups -OCH3 is 1. The number of morpholine rings is 1. The van der Waals surface area contributed by atoms with E-state index in [1.807, 2.05) is 11.8 Å². The van der Waals surface area contributed by atoms with Gasteiger partial charge in [-0.25, -0.2) is 0 Å². The fourth-order valence-corrected chi connectivity index (χ4v) is 3.78. The number of benzene rings is 1. The third kappa shape index (κ3) is 3.18. The first-order valence-electron chi connectivity index (χ1n) is 8.03. The van der Waals surface area contributed by atoms with Crippen LogP contribution in [0, 0.1) is 0 Å². The zero-order valence-corrected chi connectivity index (χ0v) is 14.2. The number of ether oxygens (including phenoxy) is 3. The lowest BCUT2D eigenvalue weighted by atomic mass is 10.1. The summed E-state index contributed by atoms with van der Waals surface area (Å²) in [4.78, 5) is 14.8. The summed E-state index contributed by atoms with van der Waals surface area (Å²) in [6.45, 7) is 3.79. The molecule has 1 saturated heterocycles. The normalized spacial score (nSPS) is 26.9. The molecule has 23 heavy (non-hydrogen) atoms. The molecular formula is C17H22ClNO4. The third-order valence-electron chi connectivity index (χ3n) is 4.58. The first-order valence-corrected chi connectivity index (χ1v) is 8.41. The Morgan fingerprint density at radius 1 is 1.43 bits per heavy atom. The predicted molar refractivity (Wildman–Crippen MR) is 87.2 cm³/mol. The molecule has 0 aromatic heterocycles. The van der Waals surface area contributed by atoms with E-state index in [2.05, 4.69) is 0 Å². The third-order valence-corrected chi connectivity index (χ3v) is 4.87. The lowest BCUT2D eigenvalue weighted by Crippen LogP contribution is -2.53. The number of carbonyl (C=O) groups excluding carboxylic acids is 1. The van der Waals surface area contributed by atoms with Gasteiger partial charge in [-0.15, -0.1) is 0 Å². The second-order valence-electron chi connectivity index (χ2n) is 5.82. The van der Waals surface area contributed by atoms with E-state index in [1.165, 1.54) is 0 Å². The van der Waals surface area contributed by atoms with Crippen LogP contribution < -0.4 is 4.74 Å². The van der Waals surface area contributed by atoms with Gasteiger partial charge in [-0.3, -0.25) is 4.79 Å². The molecule has 1 aliphatic heterocycles. The Labute approximate surface area is 141 Å². The van der Waals surface area contributed by atoms with Gasteiger partial charge in [-0.2, -0.15) is 0 Å². The van der Waals surface area contributed by atoms with E-state index in [1.54, 1.807) is 25.3 Å². The molecule has 1 saturated carbocycles. The summed E-state index contributed by atoms with van der Waals surface area (Å²) in [6.07, 6.45) is 1.89. The minimum absolute atomic E-state index is 0.00926. The fraction of sp³-hybridized carbons (Fsp3) is 0.588. The van der Waals surface area contributed by atoms with Gasteiger partial charge in [0.25, 0.3) is 5.91 Å². The standard InChI is InChI=1S/C17H22ClNO4/c1-3-22-15-7-5-13-16(15)23-9-8-19(13)17(20)11-4-6-14(21-2)12(18)10-11/h4,6,10,13,15-16H,3,5,7-9H2,1-2H3/t13-,15-,16+/m0/s1. The quantitative estimate of drug-likeness (QED) is 0.846. The average molecular weight is 340 g/mol. The first-order chi connectivity index (χ1) is 11.2. The molecule has 1 heterocycles. The van der Waals surface area contributed by atoms with Crippen LogP contribution in [0.2, 0.25) is 5.02 Å². The number of carbonyl (C=O) groups is 1.